The van der Waals surface area contributed by atoms with Gasteiger partial charge >= 0.3 is 6.21 Å². The van der Waals surface area contributed by atoms with Crippen LogP contribution in [0.3, 0.4) is 0 Å². The Balaban J connectivity index is 3.14. The molecule has 0 bridgehead atoms. The molecule has 1 aromatic carbocycles. The Bertz CT molecular complexity index is 812. The van der Waals surface area contributed by atoms with Gasteiger partial charge in [-0.2, -0.15) is 4.79 Å². The van der Waals surface area contributed by atoms with Crippen LogP contribution in [0.15, 0.2) is 23.1 Å². The fraction of sp³-hybridized carbons (Fsp3) is 0.600. The number of unbranched alkanes of at least 4 members (excludes halogenated alkanes) is 2. The monoisotopic (exact) mass is 410 g/mol. The highest BCUT2D eigenvalue weighted by atomic mass is 32.2. The maximum Gasteiger partial charge on any atom is 0.323 e. The lowest BCUT2D eigenvalue weighted by Gasteiger charge is -2.20. The predicted octanol–water partition coefficient (Wildman–Crippen LogP) is 3.71. The van der Waals surface area contributed by atoms with Gasteiger partial charge < -0.3 is 15.0 Å². The van der Waals surface area contributed by atoms with E-state index in [1.165, 1.54) is 26.0 Å². The third-order valence-corrected chi connectivity index (χ3v) is 6.25. The molecule has 0 saturated carbocycles. The fourth-order valence-corrected chi connectivity index (χ4v) is 4.24. The molecule has 0 atom stereocenters. The van der Waals surface area contributed by atoms with Crippen LogP contribution in [0.25, 0.3) is 5.53 Å². The zero-order valence-corrected chi connectivity index (χ0v) is 17.9. The Labute approximate surface area is 167 Å². The Hall–Kier alpha value is -2.18. The van der Waals surface area contributed by atoms with E-state index in [1.807, 2.05) is 6.92 Å². The number of ketones is 1. The summed E-state index contributed by atoms with van der Waals surface area (Å²) in [6.07, 6.45) is 4.38. The minimum absolute atomic E-state index is 0.0589. The van der Waals surface area contributed by atoms with Gasteiger partial charge in [0.1, 0.15) is 0 Å². The van der Waals surface area contributed by atoms with Crippen molar-refractivity contribution in [3.05, 3.63) is 23.7 Å². The Morgan fingerprint density at radius 2 is 1.68 bits per heavy atom. The topological polar surface area (TPSA) is 106 Å². The van der Waals surface area contributed by atoms with Crippen molar-refractivity contribution in [1.82, 2.24) is 0 Å². The van der Waals surface area contributed by atoms with Gasteiger partial charge in [-0.15, -0.1) is 0 Å². The summed E-state index contributed by atoms with van der Waals surface area (Å²) in [5.41, 5.74) is 7.31. The molecule has 0 aliphatic carbocycles. The average Bonchev–Trinajstić information content (AvgIpc) is 2.62. The number of hydrogen-bond acceptors (Lipinski definition) is 5. The highest BCUT2D eigenvalue weighted by Gasteiger charge is 2.35. The standard InChI is InChI=1S/C20H30N2O5S/c1-5-7-11-26-17-10-9-16(13-18(17)27-12-8-6-2)28(24,25)15-20(3,4)19(23)14-22-21/h9-10,13-14H,5-8,11-12,15H2,1-4H3. The lowest BCUT2D eigenvalue weighted by molar-refractivity contribution is -0.122. The minimum atomic E-state index is -3.78. The van der Waals surface area contributed by atoms with E-state index in [0.29, 0.717) is 24.7 Å². The lowest BCUT2D eigenvalue weighted by Crippen LogP contribution is -2.33. The number of carbonyl (C=O) groups is 1. The molecule has 1 aromatic rings. The van der Waals surface area contributed by atoms with Gasteiger partial charge in [-0.25, -0.2) is 8.42 Å². The molecular formula is C20H30N2O5S. The minimum Gasteiger partial charge on any atom is -0.490 e. The van der Waals surface area contributed by atoms with Crippen LogP contribution < -0.4 is 9.47 Å². The van der Waals surface area contributed by atoms with Crippen LogP contribution >= 0.6 is 0 Å². The number of Topliss-reactive ketones (excluding diaryl/α,β-unsaturated/α-hetero) is 1. The molecule has 0 unspecified atom stereocenters. The van der Waals surface area contributed by atoms with Crippen LogP contribution in [-0.2, 0) is 14.6 Å². The third kappa shape index (κ3) is 7.09. The summed E-state index contributed by atoms with van der Waals surface area (Å²) in [4.78, 5) is 14.8. The van der Waals surface area contributed by atoms with Crippen LogP contribution in [0.1, 0.15) is 53.4 Å². The molecule has 1 rings (SSSR count). The summed E-state index contributed by atoms with van der Waals surface area (Å²) in [6, 6.07) is 4.50. The van der Waals surface area contributed by atoms with Crippen LogP contribution in [0, 0.1) is 5.41 Å². The number of nitrogens with zero attached hydrogens (tertiary/aromatic N) is 2. The number of carbonyl (C=O) groups excluding carboxylic acids is 1. The molecule has 156 valence electrons. The number of benzene rings is 1. The number of hydrogen-bond donors (Lipinski definition) is 0. The van der Waals surface area contributed by atoms with Gasteiger partial charge in [0.2, 0.25) is 5.78 Å². The van der Waals surface area contributed by atoms with E-state index in [4.69, 9.17) is 15.0 Å². The molecule has 0 aliphatic rings. The lowest BCUT2D eigenvalue weighted by atomic mass is 9.91. The van der Waals surface area contributed by atoms with Crippen LogP contribution in [-0.4, -0.2) is 44.2 Å². The molecule has 0 fully saturated rings. The van der Waals surface area contributed by atoms with Crippen LogP contribution in [0.4, 0.5) is 0 Å². The third-order valence-electron chi connectivity index (χ3n) is 4.18. The largest absolute Gasteiger partial charge is 0.490 e. The molecule has 0 amide bonds. The first-order valence-corrected chi connectivity index (χ1v) is 11.2. The summed E-state index contributed by atoms with van der Waals surface area (Å²) in [6.45, 7) is 8.07. The molecule has 8 heteroatoms. The van der Waals surface area contributed by atoms with E-state index < -0.39 is 26.8 Å². The molecule has 28 heavy (non-hydrogen) atoms. The van der Waals surface area contributed by atoms with Gasteiger partial charge in [-0.05, 0) is 25.0 Å². The van der Waals surface area contributed by atoms with E-state index >= 15 is 0 Å². The predicted molar refractivity (Wildman–Crippen MR) is 108 cm³/mol. The smallest absolute Gasteiger partial charge is 0.323 e. The molecule has 0 N–H and O–H groups in total. The zero-order chi connectivity index (χ0) is 21.2. The molecule has 0 heterocycles. The maximum atomic E-state index is 12.9. The average molecular weight is 411 g/mol. The van der Waals surface area contributed by atoms with Crippen molar-refractivity contribution in [3.8, 4) is 11.5 Å². The summed E-state index contributed by atoms with van der Waals surface area (Å²) in [7, 11) is -3.78. The van der Waals surface area contributed by atoms with Crippen LogP contribution in [0.5, 0.6) is 11.5 Å². The van der Waals surface area contributed by atoms with E-state index in [2.05, 4.69) is 11.7 Å². The van der Waals surface area contributed by atoms with Crippen molar-refractivity contribution in [2.45, 2.75) is 58.3 Å². The van der Waals surface area contributed by atoms with Crippen molar-refractivity contribution in [2.24, 2.45) is 5.41 Å². The highest BCUT2D eigenvalue weighted by molar-refractivity contribution is 7.91. The van der Waals surface area contributed by atoms with E-state index in [0.717, 1.165) is 31.9 Å². The van der Waals surface area contributed by atoms with Crippen LogP contribution in [0.2, 0.25) is 0 Å². The first-order chi connectivity index (χ1) is 13.2. The molecule has 0 saturated heterocycles. The summed E-state index contributed by atoms with van der Waals surface area (Å²) in [5, 5.41) is 0. The first-order valence-electron chi connectivity index (χ1n) is 9.52. The zero-order valence-electron chi connectivity index (χ0n) is 17.1. The first kappa shape index (κ1) is 23.9. The second-order valence-corrected chi connectivity index (χ2v) is 9.25. The van der Waals surface area contributed by atoms with E-state index in [-0.39, 0.29) is 4.90 Å². The van der Waals surface area contributed by atoms with Crippen molar-refractivity contribution in [2.75, 3.05) is 19.0 Å². The molecule has 7 nitrogen and oxygen atoms in total. The van der Waals surface area contributed by atoms with E-state index in [9.17, 15) is 13.2 Å². The molecular weight excluding hydrogens is 380 g/mol. The van der Waals surface area contributed by atoms with Crippen molar-refractivity contribution in [3.63, 3.8) is 0 Å². The van der Waals surface area contributed by atoms with Crippen molar-refractivity contribution < 1.29 is 27.5 Å². The van der Waals surface area contributed by atoms with Gasteiger partial charge in [0.25, 0.3) is 0 Å². The summed E-state index contributed by atoms with van der Waals surface area (Å²) in [5.74, 6) is -0.106. The Morgan fingerprint density at radius 1 is 1.11 bits per heavy atom. The molecule has 0 aromatic heterocycles. The maximum absolute atomic E-state index is 12.9. The highest BCUT2D eigenvalue weighted by Crippen LogP contribution is 2.32. The normalized spacial score (nSPS) is 11.6. The SMILES string of the molecule is CCCCOc1ccc(S(=O)(=O)CC(C)(C)C(=O)C=[N+]=[N-])cc1OCCCC. The van der Waals surface area contributed by atoms with Gasteiger partial charge in [0.05, 0.1) is 23.9 Å². The summed E-state index contributed by atoms with van der Waals surface area (Å²) >= 11 is 0. The quantitative estimate of drug-likeness (QED) is 0.213. The second kappa shape index (κ2) is 11.0. The Morgan fingerprint density at radius 3 is 2.21 bits per heavy atom. The fourth-order valence-electron chi connectivity index (χ4n) is 2.42. The second-order valence-electron chi connectivity index (χ2n) is 7.26. The molecule has 0 aliphatic heterocycles. The van der Waals surface area contributed by atoms with E-state index in [1.54, 1.807) is 6.07 Å². The van der Waals surface area contributed by atoms with Crippen molar-refractivity contribution in [1.29, 1.82) is 0 Å². The number of sulfone groups is 1. The molecule has 0 radical (unpaired) electrons. The van der Waals surface area contributed by atoms with Gasteiger partial charge in [-0.3, -0.25) is 4.79 Å². The number of ether oxygens (including phenoxy) is 2. The van der Waals surface area contributed by atoms with Gasteiger partial charge in [0.15, 0.2) is 21.3 Å². The summed E-state index contributed by atoms with van der Waals surface area (Å²) < 4.78 is 37.2. The molecule has 0 spiro atoms. The van der Waals surface area contributed by atoms with Gasteiger partial charge in [-0.1, -0.05) is 40.5 Å². The Kier molecular flexibility index (Phi) is 9.35. The van der Waals surface area contributed by atoms with Gasteiger partial charge in [0, 0.05) is 11.5 Å². The van der Waals surface area contributed by atoms with Crippen molar-refractivity contribution >= 4 is 21.8 Å². The number of rotatable bonds is 13.